The molecule has 0 spiro atoms. The van der Waals surface area contributed by atoms with Crippen molar-refractivity contribution in [2.45, 2.75) is 32.2 Å². The number of nitrogens with zero attached hydrogens (tertiary/aromatic N) is 1. The van der Waals surface area contributed by atoms with E-state index in [-0.39, 0.29) is 11.6 Å². The van der Waals surface area contributed by atoms with Gasteiger partial charge in [-0.25, -0.2) is 8.78 Å². The van der Waals surface area contributed by atoms with E-state index in [1.165, 1.54) is 44.5 Å². The molecule has 0 unspecified atom stereocenters. The van der Waals surface area contributed by atoms with Crippen LogP contribution in [0.25, 0.3) is 0 Å². The average Bonchev–Trinajstić information content (AvgIpc) is 2.43. The van der Waals surface area contributed by atoms with Crippen LogP contribution in [0.1, 0.15) is 31.2 Å². The summed E-state index contributed by atoms with van der Waals surface area (Å²) in [6.45, 7) is 4.74. The number of likely N-dealkylation sites (tertiary alicyclic amines) is 1. The third-order valence-electron chi connectivity index (χ3n) is 3.60. The van der Waals surface area contributed by atoms with Crippen LogP contribution in [-0.2, 0) is 6.54 Å². The number of halogens is 2. The summed E-state index contributed by atoms with van der Waals surface area (Å²) < 4.78 is 26.3. The Balaban J connectivity index is 1.62. The van der Waals surface area contributed by atoms with Crippen molar-refractivity contribution < 1.29 is 8.78 Å². The minimum Gasteiger partial charge on any atom is -0.313 e. The molecule has 0 aromatic heterocycles. The van der Waals surface area contributed by atoms with Crippen LogP contribution < -0.4 is 5.32 Å². The summed E-state index contributed by atoms with van der Waals surface area (Å²) in [4.78, 5) is 2.48. The molecule has 1 saturated heterocycles. The topological polar surface area (TPSA) is 15.3 Å². The molecular formula is C15H22F2N2. The number of piperidine rings is 1. The second-order valence-electron chi connectivity index (χ2n) is 5.17. The van der Waals surface area contributed by atoms with Crippen molar-refractivity contribution in [2.24, 2.45) is 0 Å². The first-order chi connectivity index (χ1) is 9.25. The maximum Gasteiger partial charge on any atom is 0.127 e. The number of nitrogens with one attached hydrogen (secondary N) is 1. The van der Waals surface area contributed by atoms with E-state index in [1.807, 2.05) is 0 Å². The molecule has 0 aliphatic carbocycles. The second kappa shape index (κ2) is 7.56. The first kappa shape index (κ1) is 14.4. The van der Waals surface area contributed by atoms with Crippen molar-refractivity contribution in [2.75, 3.05) is 26.2 Å². The summed E-state index contributed by atoms with van der Waals surface area (Å²) in [6.07, 6.45) is 5.02. The Kier molecular flexibility index (Phi) is 5.73. The lowest BCUT2D eigenvalue weighted by atomic mass is 10.1. The van der Waals surface area contributed by atoms with Crippen LogP contribution in [0.5, 0.6) is 0 Å². The molecule has 0 radical (unpaired) electrons. The predicted octanol–water partition coefficient (Wildman–Crippen LogP) is 2.93. The third-order valence-corrected chi connectivity index (χ3v) is 3.60. The SMILES string of the molecule is Fc1ccc(F)c(CNCCCN2CCCCC2)c1. The van der Waals surface area contributed by atoms with E-state index < -0.39 is 0 Å². The summed E-state index contributed by atoms with van der Waals surface area (Å²) >= 11 is 0. The molecule has 1 aromatic carbocycles. The monoisotopic (exact) mass is 268 g/mol. The van der Waals surface area contributed by atoms with Gasteiger partial charge in [0.15, 0.2) is 0 Å². The second-order valence-corrected chi connectivity index (χ2v) is 5.17. The van der Waals surface area contributed by atoms with Gasteiger partial charge in [0, 0.05) is 12.1 Å². The molecule has 2 nitrogen and oxygen atoms in total. The molecule has 1 N–H and O–H groups in total. The Morgan fingerprint density at radius 2 is 1.89 bits per heavy atom. The van der Waals surface area contributed by atoms with Gasteiger partial charge in [-0.1, -0.05) is 6.42 Å². The zero-order valence-electron chi connectivity index (χ0n) is 11.3. The first-order valence-corrected chi connectivity index (χ1v) is 7.13. The van der Waals surface area contributed by atoms with Gasteiger partial charge in [-0.2, -0.15) is 0 Å². The Morgan fingerprint density at radius 3 is 2.68 bits per heavy atom. The van der Waals surface area contributed by atoms with Crippen LogP contribution in [0.4, 0.5) is 8.78 Å². The molecule has 106 valence electrons. The maximum absolute atomic E-state index is 13.4. The van der Waals surface area contributed by atoms with Gasteiger partial charge >= 0.3 is 0 Å². The van der Waals surface area contributed by atoms with Crippen molar-refractivity contribution in [3.05, 3.63) is 35.4 Å². The molecule has 4 heteroatoms. The minimum absolute atomic E-state index is 0.343. The molecule has 2 rings (SSSR count). The molecule has 19 heavy (non-hydrogen) atoms. The fourth-order valence-electron chi connectivity index (χ4n) is 2.51. The van der Waals surface area contributed by atoms with Crippen LogP contribution in [0, 0.1) is 11.6 Å². The summed E-state index contributed by atoms with van der Waals surface area (Å²) in [5, 5.41) is 3.18. The Labute approximate surface area is 113 Å². The normalized spacial score (nSPS) is 16.7. The molecule has 0 amide bonds. The summed E-state index contributed by atoms with van der Waals surface area (Å²) in [5.74, 6) is -0.726. The van der Waals surface area contributed by atoms with Gasteiger partial charge in [0.2, 0.25) is 0 Å². The van der Waals surface area contributed by atoms with E-state index in [2.05, 4.69) is 10.2 Å². The van der Waals surface area contributed by atoms with E-state index in [0.29, 0.717) is 12.1 Å². The zero-order valence-corrected chi connectivity index (χ0v) is 11.3. The lowest BCUT2D eigenvalue weighted by Crippen LogP contribution is -2.32. The van der Waals surface area contributed by atoms with Crippen molar-refractivity contribution in [1.29, 1.82) is 0 Å². The molecule has 1 aliphatic heterocycles. The molecule has 0 bridgehead atoms. The molecular weight excluding hydrogens is 246 g/mol. The van der Waals surface area contributed by atoms with Gasteiger partial charge in [-0.3, -0.25) is 0 Å². The van der Waals surface area contributed by atoms with Crippen LogP contribution in [-0.4, -0.2) is 31.1 Å². The van der Waals surface area contributed by atoms with Gasteiger partial charge in [0.25, 0.3) is 0 Å². The highest BCUT2D eigenvalue weighted by atomic mass is 19.1. The summed E-state index contributed by atoms with van der Waals surface area (Å²) in [5.41, 5.74) is 0.401. The highest BCUT2D eigenvalue weighted by Crippen LogP contribution is 2.10. The average molecular weight is 268 g/mol. The van der Waals surface area contributed by atoms with Crippen LogP contribution >= 0.6 is 0 Å². The molecule has 1 aliphatic rings. The van der Waals surface area contributed by atoms with E-state index >= 15 is 0 Å². The predicted molar refractivity (Wildman–Crippen MR) is 73.0 cm³/mol. The quantitative estimate of drug-likeness (QED) is 0.798. The number of rotatable bonds is 6. The highest BCUT2D eigenvalue weighted by Gasteiger charge is 2.09. The molecule has 1 heterocycles. The fourth-order valence-corrected chi connectivity index (χ4v) is 2.51. The van der Waals surface area contributed by atoms with Gasteiger partial charge < -0.3 is 10.2 Å². The lowest BCUT2D eigenvalue weighted by Gasteiger charge is -2.26. The minimum atomic E-state index is -0.383. The summed E-state index contributed by atoms with van der Waals surface area (Å²) in [7, 11) is 0. The first-order valence-electron chi connectivity index (χ1n) is 7.13. The van der Waals surface area contributed by atoms with Crippen molar-refractivity contribution in [3.8, 4) is 0 Å². The molecule has 1 aromatic rings. The largest absolute Gasteiger partial charge is 0.313 e. The number of hydrogen-bond acceptors (Lipinski definition) is 2. The van der Waals surface area contributed by atoms with E-state index in [1.54, 1.807) is 0 Å². The van der Waals surface area contributed by atoms with Crippen molar-refractivity contribution >= 4 is 0 Å². The van der Waals surface area contributed by atoms with Crippen molar-refractivity contribution in [3.63, 3.8) is 0 Å². The number of benzene rings is 1. The van der Waals surface area contributed by atoms with Gasteiger partial charge in [0.05, 0.1) is 0 Å². The zero-order chi connectivity index (χ0) is 13.5. The van der Waals surface area contributed by atoms with E-state index in [0.717, 1.165) is 25.6 Å². The van der Waals surface area contributed by atoms with E-state index in [4.69, 9.17) is 0 Å². The third kappa shape index (κ3) is 4.88. The Hall–Kier alpha value is -1.00. The molecule has 0 atom stereocenters. The van der Waals surface area contributed by atoms with Gasteiger partial charge in [0.1, 0.15) is 11.6 Å². The van der Waals surface area contributed by atoms with Crippen LogP contribution in [0.3, 0.4) is 0 Å². The van der Waals surface area contributed by atoms with Gasteiger partial charge in [-0.05, 0) is 63.6 Å². The summed E-state index contributed by atoms with van der Waals surface area (Å²) in [6, 6.07) is 3.59. The standard InChI is InChI=1S/C15H22F2N2/c16-14-5-6-15(17)13(11-14)12-18-7-4-10-19-8-2-1-3-9-19/h5-6,11,18H,1-4,7-10,12H2. The lowest BCUT2D eigenvalue weighted by molar-refractivity contribution is 0.225. The van der Waals surface area contributed by atoms with E-state index in [9.17, 15) is 8.78 Å². The Bertz CT molecular complexity index is 390. The highest BCUT2D eigenvalue weighted by molar-refractivity contribution is 5.18. The maximum atomic E-state index is 13.4. The molecule has 1 fully saturated rings. The smallest absolute Gasteiger partial charge is 0.127 e. The molecule has 0 saturated carbocycles. The number of hydrogen-bond donors (Lipinski definition) is 1. The van der Waals surface area contributed by atoms with Gasteiger partial charge in [-0.15, -0.1) is 0 Å². The van der Waals surface area contributed by atoms with Crippen molar-refractivity contribution in [1.82, 2.24) is 10.2 Å². The fraction of sp³-hybridized carbons (Fsp3) is 0.600. The van der Waals surface area contributed by atoms with Crippen LogP contribution in [0.2, 0.25) is 0 Å². The van der Waals surface area contributed by atoms with Crippen LogP contribution in [0.15, 0.2) is 18.2 Å². The Morgan fingerprint density at radius 1 is 1.11 bits per heavy atom.